The third-order valence-corrected chi connectivity index (χ3v) is 1.75. The maximum Gasteiger partial charge on any atom is 0.337 e. The van der Waals surface area contributed by atoms with Gasteiger partial charge in [-0.1, -0.05) is 6.07 Å². The van der Waals surface area contributed by atoms with Gasteiger partial charge in [-0.2, -0.15) is 0 Å². The van der Waals surface area contributed by atoms with Crippen molar-refractivity contribution in [2.45, 2.75) is 6.10 Å². The minimum Gasteiger partial charge on any atom is -0.504 e. The first-order valence-corrected chi connectivity index (χ1v) is 3.84. The van der Waals surface area contributed by atoms with Crippen molar-refractivity contribution in [3.63, 3.8) is 0 Å². The highest BCUT2D eigenvalue weighted by atomic mass is 16.5. The summed E-state index contributed by atoms with van der Waals surface area (Å²) < 4.78 is 4.76. The highest BCUT2D eigenvalue weighted by molar-refractivity contribution is 5.74. The standard InChI is InChI=1S/C9H10O5.H2O/c1-14-7-4-5(2-3-6(7)10)8(11)9(12)13;/h2-4,8,10-11H,1H3,(H,12,13);1H2. The summed E-state index contributed by atoms with van der Waals surface area (Å²) in [5.74, 6) is -1.32. The summed E-state index contributed by atoms with van der Waals surface area (Å²) in [6, 6.07) is 3.85. The Kier molecular flexibility index (Phi) is 4.56. The maximum atomic E-state index is 10.4. The lowest BCUT2D eigenvalue weighted by Crippen LogP contribution is -2.10. The zero-order chi connectivity index (χ0) is 10.7. The fraction of sp³-hybridized carbons (Fsp3) is 0.222. The van der Waals surface area contributed by atoms with E-state index in [0.717, 1.165) is 0 Å². The molecule has 6 nitrogen and oxygen atoms in total. The van der Waals surface area contributed by atoms with Crippen LogP contribution >= 0.6 is 0 Å². The third kappa shape index (κ3) is 2.83. The SMILES string of the molecule is COc1cc(C(O)C(=O)O)ccc1O.O. The fourth-order valence-corrected chi connectivity index (χ4v) is 1.01. The first-order chi connectivity index (χ1) is 6.56. The molecule has 1 atom stereocenters. The van der Waals surface area contributed by atoms with E-state index in [0.29, 0.717) is 0 Å². The first-order valence-electron chi connectivity index (χ1n) is 3.84. The van der Waals surface area contributed by atoms with Gasteiger partial charge in [-0.15, -0.1) is 0 Å². The lowest BCUT2D eigenvalue weighted by Gasteiger charge is -2.08. The summed E-state index contributed by atoms with van der Waals surface area (Å²) in [4.78, 5) is 10.4. The minimum atomic E-state index is -1.61. The van der Waals surface area contributed by atoms with Crippen molar-refractivity contribution in [3.05, 3.63) is 23.8 Å². The van der Waals surface area contributed by atoms with E-state index < -0.39 is 12.1 Å². The summed E-state index contributed by atoms with van der Waals surface area (Å²) >= 11 is 0. The van der Waals surface area contributed by atoms with E-state index >= 15 is 0 Å². The molecule has 0 fully saturated rings. The predicted octanol–water partition coefficient (Wildman–Crippen LogP) is -0.306. The highest BCUT2D eigenvalue weighted by Crippen LogP contribution is 2.28. The van der Waals surface area contributed by atoms with Crippen molar-refractivity contribution in [2.24, 2.45) is 0 Å². The van der Waals surface area contributed by atoms with Crippen LogP contribution in [0.4, 0.5) is 0 Å². The molecule has 0 radical (unpaired) electrons. The molecule has 84 valence electrons. The van der Waals surface area contributed by atoms with E-state index in [9.17, 15) is 15.0 Å². The van der Waals surface area contributed by atoms with Crippen molar-refractivity contribution in [1.82, 2.24) is 0 Å². The number of aliphatic hydroxyl groups excluding tert-OH is 1. The van der Waals surface area contributed by atoms with Crippen LogP contribution in [0, 0.1) is 0 Å². The molecular weight excluding hydrogens is 204 g/mol. The monoisotopic (exact) mass is 216 g/mol. The topological polar surface area (TPSA) is 118 Å². The maximum absolute atomic E-state index is 10.4. The van der Waals surface area contributed by atoms with E-state index in [1.165, 1.54) is 25.3 Å². The molecule has 6 heteroatoms. The number of phenolic OH excluding ortho intramolecular Hbond substituents is 1. The van der Waals surface area contributed by atoms with Crippen LogP contribution in [-0.2, 0) is 4.79 Å². The normalized spacial score (nSPS) is 11.3. The van der Waals surface area contributed by atoms with E-state index in [2.05, 4.69) is 0 Å². The van der Waals surface area contributed by atoms with Gasteiger partial charge in [0.05, 0.1) is 7.11 Å². The molecule has 0 amide bonds. The zero-order valence-electron chi connectivity index (χ0n) is 7.97. The first kappa shape index (κ1) is 13.2. The molecular formula is C9H12O6. The van der Waals surface area contributed by atoms with Crippen molar-refractivity contribution in [2.75, 3.05) is 7.11 Å². The predicted molar refractivity (Wildman–Crippen MR) is 50.9 cm³/mol. The van der Waals surface area contributed by atoms with Crippen LogP contribution in [0.2, 0.25) is 0 Å². The second kappa shape index (κ2) is 5.18. The number of carbonyl (C=O) groups is 1. The number of carboxylic acid groups (broad SMARTS) is 1. The van der Waals surface area contributed by atoms with Gasteiger partial charge in [-0.25, -0.2) is 4.79 Å². The van der Waals surface area contributed by atoms with Gasteiger partial charge in [-0.3, -0.25) is 0 Å². The number of phenols is 1. The number of aliphatic carboxylic acids is 1. The molecule has 0 saturated heterocycles. The number of rotatable bonds is 3. The summed E-state index contributed by atoms with van der Waals surface area (Å²) in [5, 5.41) is 26.9. The van der Waals surface area contributed by atoms with Crippen LogP contribution in [0.25, 0.3) is 0 Å². The van der Waals surface area contributed by atoms with Crippen LogP contribution in [0.15, 0.2) is 18.2 Å². The Balaban J connectivity index is 0.00000196. The Morgan fingerprint density at radius 1 is 1.47 bits per heavy atom. The number of aliphatic hydroxyl groups is 1. The third-order valence-electron chi connectivity index (χ3n) is 1.75. The number of aromatic hydroxyl groups is 1. The molecule has 0 saturated carbocycles. The summed E-state index contributed by atoms with van der Waals surface area (Å²) in [6.45, 7) is 0. The Labute approximate surface area is 85.7 Å². The summed E-state index contributed by atoms with van der Waals surface area (Å²) in [7, 11) is 1.34. The molecule has 0 bridgehead atoms. The lowest BCUT2D eigenvalue weighted by molar-refractivity contribution is -0.146. The number of benzene rings is 1. The second-order valence-electron chi connectivity index (χ2n) is 2.67. The van der Waals surface area contributed by atoms with Crippen molar-refractivity contribution >= 4 is 5.97 Å². The van der Waals surface area contributed by atoms with Gasteiger partial charge in [0.15, 0.2) is 17.6 Å². The van der Waals surface area contributed by atoms with E-state index in [1.54, 1.807) is 0 Å². The molecule has 1 rings (SSSR count). The number of ether oxygens (including phenoxy) is 1. The average Bonchev–Trinajstić information content (AvgIpc) is 2.17. The Hall–Kier alpha value is -1.79. The van der Waals surface area contributed by atoms with Gasteiger partial charge >= 0.3 is 5.97 Å². The van der Waals surface area contributed by atoms with Crippen LogP contribution < -0.4 is 4.74 Å². The molecule has 15 heavy (non-hydrogen) atoms. The zero-order valence-corrected chi connectivity index (χ0v) is 7.97. The van der Waals surface area contributed by atoms with Gasteiger partial charge in [0.2, 0.25) is 0 Å². The Morgan fingerprint density at radius 3 is 2.53 bits per heavy atom. The molecule has 0 aliphatic rings. The fourth-order valence-electron chi connectivity index (χ4n) is 1.01. The van der Waals surface area contributed by atoms with Gasteiger partial charge < -0.3 is 25.5 Å². The molecule has 1 aromatic rings. The largest absolute Gasteiger partial charge is 0.504 e. The average molecular weight is 216 g/mol. The number of carboxylic acids is 1. The van der Waals surface area contributed by atoms with Crippen LogP contribution in [0.5, 0.6) is 11.5 Å². The minimum absolute atomic E-state index is 0. The van der Waals surface area contributed by atoms with Gasteiger partial charge in [0.1, 0.15) is 0 Å². The van der Waals surface area contributed by atoms with Crippen molar-refractivity contribution < 1.29 is 30.3 Å². The molecule has 0 aliphatic heterocycles. The number of hydrogen-bond acceptors (Lipinski definition) is 4. The number of methoxy groups -OCH3 is 1. The van der Waals surface area contributed by atoms with Gasteiger partial charge in [-0.05, 0) is 17.7 Å². The molecule has 0 heterocycles. The summed E-state index contributed by atoms with van der Waals surface area (Å²) in [6.07, 6.45) is -1.61. The van der Waals surface area contributed by atoms with Crippen LogP contribution in [0.3, 0.4) is 0 Å². The molecule has 0 aromatic heterocycles. The van der Waals surface area contributed by atoms with Crippen LogP contribution in [0.1, 0.15) is 11.7 Å². The van der Waals surface area contributed by atoms with E-state index in [4.69, 9.17) is 9.84 Å². The van der Waals surface area contributed by atoms with Crippen LogP contribution in [-0.4, -0.2) is 33.9 Å². The number of hydrogen-bond donors (Lipinski definition) is 3. The molecule has 1 unspecified atom stereocenters. The van der Waals surface area contributed by atoms with Gasteiger partial charge in [0.25, 0.3) is 0 Å². The van der Waals surface area contributed by atoms with Crippen molar-refractivity contribution in [1.29, 1.82) is 0 Å². The smallest absolute Gasteiger partial charge is 0.337 e. The van der Waals surface area contributed by atoms with Gasteiger partial charge in [0, 0.05) is 0 Å². The quantitative estimate of drug-likeness (QED) is 0.640. The highest BCUT2D eigenvalue weighted by Gasteiger charge is 2.17. The lowest BCUT2D eigenvalue weighted by atomic mass is 10.1. The van der Waals surface area contributed by atoms with E-state index in [-0.39, 0.29) is 22.5 Å². The van der Waals surface area contributed by atoms with Crippen molar-refractivity contribution in [3.8, 4) is 11.5 Å². The molecule has 1 aromatic carbocycles. The molecule has 5 N–H and O–H groups in total. The molecule has 0 aliphatic carbocycles. The molecule has 0 spiro atoms. The Bertz CT molecular complexity index is 348. The second-order valence-corrected chi connectivity index (χ2v) is 2.67. The van der Waals surface area contributed by atoms with E-state index in [1.807, 2.05) is 0 Å². The Morgan fingerprint density at radius 2 is 2.07 bits per heavy atom. The summed E-state index contributed by atoms with van der Waals surface area (Å²) in [5.41, 5.74) is 0.159.